The fraction of sp³-hybridized carbons (Fsp3) is 0.227. The van der Waals surface area contributed by atoms with E-state index in [-0.39, 0.29) is 17.8 Å². The number of thiophene rings is 1. The standard InChI is InChI=1S/C22H18FNO2S/c23-16-7-5-14(6-8-16)12-24(17-9-10-17)22(25)20-11-15-13-26-19-4-2-1-3-18(19)21(15)27-20/h1-8,11,17H,9-10,12-13H2. The third-order valence-electron chi connectivity index (χ3n) is 5.05. The Morgan fingerprint density at radius 3 is 2.70 bits per heavy atom. The summed E-state index contributed by atoms with van der Waals surface area (Å²) in [7, 11) is 0. The van der Waals surface area contributed by atoms with Crippen molar-refractivity contribution in [1.29, 1.82) is 0 Å². The van der Waals surface area contributed by atoms with Gasteiger partial charge in [0, 0.05) is 28.6 Å². The van der Waals surface area contributed by atoms with Gasteiger partial charge in [0.25, 0.3) is 5.91 Å². The number of nitrogens with zero attached hydrogens (tertiary/aromatic N) is 1. The molecule has 27 heavy (non-hydrogen) atoms. The van der Waals surface area contributed by atoms with Crippen molar-refractivity contribution in [3.8, 4) is 16.2 Å². The number of hydrogen-bond donors (Lipinski definition) is 0. The van der Waals surface area contributed by atoms with E-state index in [9.17, 15) is 9.18 Å². The third-order valence-corrected chi connectivity index (χ3v) is 6.25. The summed E-state index contributed by atoms with van der Waals surface area (Å²) in [4.78, 5) is 17.0. The van der Waals surface area contributed by atoms with E-state index in [1.165, 1.54) is 12.1 Å². The zero-order valence-electron chi connectivity index (χ0n) is 14.7. The summed E-state index contributed by atoms with van der Waals surface area (Å²) in [6.07, 6.45) is 2.06. The quantitative estimate of drug-likeness (QED) is 0.619. The lowest BCUT2D eigenvalue weighted by Crippen LogP contribution is -2.32. The van der Waals surface area contributed by atoms with Gasteiger partial charge in [0.1, 0.15) is 18.2 Å². The number of ether oxygens (including phenoxy) is 1. The average molecular weight is 379 g/mol. The zero-order chi connectivity index (χ0) is 18.4. The highest BCUT2D eigenvalue weighted by molar-refractivity contribution is 7.17. The van der Waals surface area contributed by atoms with Crippen molar-refractivity contribution in [3.63, 3.8) is 0 Å². The first kappa shape index (κ1) is 16.5. The van der Waals surface area contributed by atoms with Gasteiger partial charge in [0.15, 0.2) is 0 Å². The SMILES string of the molecule is O=C(c1cc2c(s1)-c1ccccc1OC2)N(Cc1ccc(F)cc1)C1CC1. The van der Waals surface area contributed by atoms with Crippen molar-refractivity contribution in [1.82, 2.24) is 4.90 Å². The first-order chi connectivity index (χ1) is 13.2. The molecule has 0 atom stereocenters. The molecule has 0 radical (unpaired) electrons. The van der Waals surface area contributed by atoms with Gasteiger partial charge in [-0.15, -0.1) is 11.3 Å². The molecule has 1 fully saturated rings. The lowest BCUT2D eigenvalue weighted by molar-refractivity contribution is 0.0735. The molecule has 0 spiro atoms. The summed E-state index contributed by atoms with van der Waals surface area (Å²) in [5.74, 6) is 0.669. The van der Waals surface area contributed by atoms with Crippen LogP contribution in [-0.2, 0) is 13.2 Å². The molecule has 0 bridgehead atoms. The Morgan fingerprint density at radius 1 is 1.15 bits per heavy atom. The van der Waals surface area contributed by atoms with Crippen molar-refractivity contribution >= 4 is 17.2 Å². The topological polar surface area (TPSA) is 29.5 Å². The van der Waals surface area contributed by atoms with Gasteiger partial charge in [0.2, 0.25) is 0 Å². The van der Waals surface area contributed by atoms with Gasteiger partial charge < -0.3 is 9.64 Å². The van der Waals surface area contributed by atoms with Crippen LogP contribution in [0.25, 0.3) is 10.4 Å². The van der Waals surface area contributed by atoms with Crippen LogP contribution in [0.4, 0.5) is 4.39 Å². The molecule has 1 aliphatic carbocycles. The molecule has 0 N–H and O–H groups in total. The van der Waals surface area contributed by atoms with Crippen LogP contribution in [0.15, 0.2) is 54.6 Å². The van der Waals surface area contributed by atoms with E-state index in [1.54, 1.807) is 23.5 Å². The smallest absolute Gasteiger partial charge is 0.264 e. The van der Waals surface area contributed by atoms with Crippen LogP contribution >= 0.6 is 11.3 Å². The number of fused-ring (bicyclic) bond motifs is 3. The number of para-hydroxylation sites is 1. The monoisotopic (exact) mass is 379 g/mol. The van der Waals surface area contributed by atoms with Gasteiger partial charge in [-0.05, 0) is 48.7 Å². The number of hydrogen-bond acceptors (Lipinski definition) is 3. The number of carbonyl (C=O) groups is 1. The second-order valence-corrected chi connectivity index (χ2v) is 8.09. The molecule has 3 nitrogen and oxygen atoms in total. The second-order valence-electron chi connectivity index (χ2n) is 7.04. The second kappa shape index (κ2) is 6.50. The summed E-state index contributed by atoms with van der Waals surface area (Å²) in [5.41, 5.74) is 3.07. The Balaban J connectivity index is 1.45. The predicted molar refractivity (Wildman–Crippen MR) is 103 cm³/mol. The van der Waals surface area contributed by atoms with Gasteiger partial charge in [0.05, 0.1) is 4.88 Å². The van der Waals surface area contributed by atoms with Gasteiger partial charge >= 0.3 is 0 Å². The number of amides is 1. The molecule has 2 aliphatic rings. The lowest BCUT2D eigenvalue weighted by atomic mass is 10.1. The van der Waals surface area contributed by atoms with E-state index in [2.05, 4.69) is 0 Å². The number of rotatable bonds is 4. The van der Waals surface area contributed by atoms with Crippen LogP contribution in [0, 0.1) is 5.82 Å². The summed E-state index contributed by atoms with van der Waals surface area (Å²) >= 11 is 1.54. The van der Waals surface area contributed by atoms with Crippen LogP contribution < -0.4 is 4.74 Å². The first-order valence-electron chi connectivity index (χ1n) is 9.09. The number of carbonyl (C=O) groups excluding carboxylic acids is 1. The molecule has 1 aliphatic heterocycles. The van der Waals surface area contributed by atoms with E-state index in [0.29, 0.717) is 13.2 Å². The van der Waals surface area contributed by atoms with Crippen molar-refractivity contribution in [2.45, 2.75) is 32.0 Å². The van der Waals surface area contributed by atoms with E-state index in [0.717, 1.165) is 45.0 Å². The Morgan fingerprint density at radius 2 is 1.93 bits per heavy atom. The molecule has 1 amide bonds. The summed E-state index contributed by atoms with van der Waals surface area (Å²) < 4.78 is 19.0. The largest absolute Gasteiger partial charge is 0.488 e. The van der Waals surface area contributed by atoms with E-state index in [1.807, 2.05) is 35.2 Å². The molecular formula is C22H18FNO2S. The fourth-order valence-corrected chi connectivity index (χ4v) is 4.64. The Hall–Kier alpha value is -2.66. The maximum atomic E-state index is 13.2. The van der Waals surface area contributed by atoms with E-state index in [4.69, 9.17) is 4.74 Å². The maximum Gasteiger partial charge on any atom is 0.264 e. The van der Waals surface area contributed by atoms with Crippen LogP contribution in [0.2, 0.25) is 0 Å². The Bertz CT molecular complexity index is 1010. The molecule has 0 unspecified atom stereocenters. The van der Waals surface area contributed by atoms with Crippen LogP contribution in [0.1, 0.15) is 33.6 Å². The predicted octanol–water partition coefficient (Wildman–Crippen LogP) is 5.25. The number of benzene rings is 2. The highest BCUT2D eigenvalue weighted by Gasteiger charge is 2.34. The molecule has 1 aromatic heterocycles. The van der Waals surface area contributed by atoms with Crippen LogP contribution in [0.5, 0.6) is 5.75 Å². The highest BCUT2D eigenvalue weighted by atomic mass is 32.1. The molecule has 2 aromatic carbocycles. The molecule has 0 saturated heterocycles. The van der Waals surface area contributed by atoms with Gasteiger partial charge in [-0.1, -0.05) is 24.3 Å². The summed E-state index contributed by atoms with van der Waals surface area (Å²) in [5, 5.41) is 0. The normalized spacial score (nSPS) is 14.9. The molecule has 2 heterocycles. The molecule has 5 rings (SSSR count). The van der Waals surface area contributed by atoms with E-state index >= 15 is 0 Å². The molecule has 5 heteroatoms. The maximum absolute atomic E-state index is 13.2. The fourth-order valence-electron chi connectivity index (χ4n) is 3.49. The molecule has 136 valence electrons. The minimum Gasteiger partial charge on any atom is -0.488 e. The molecular weight excluding hydrogens is 361 g/mol. The summed E-state index contributed by atoms with van der Waals surface area (Å²) in [6, 6.07) is 16.6. The van der Waals surface area contributed by atoms with Gasteiger partial charge in [-0.25, -0.2) is 4.39 Å². The zero-order valence-corrected chi connectivity index (χ0v) is 15.5. The lowest BCUT2D eigenvalue weighted by Gasteiger charge is -2.22. The van der Waals surface area contributed by atoms with Crippen molar-refractivity contribution in [2.24, 2.45) is 0 Å². The van der Waals surface area contributed by atoms with Crippen molar-refractivity contribution < 1.29 is 13.9 Å². The van der Waals surface area contributed by atoms with E-state index < -0.39 is 0 Å². The highest BCUT2D eigenvalue weighted by Crippen LogP contribution is 2.43. The van der Waals surface area contributed by atoms with Crippen molar-refractivity contribution in [2.75, 3.05) is 0 Å². The van der Waals surface area contributed by atoms with Gasteiger partial charge in [-0.2, -0.15) is 0 Å². The molecule has 1 saturated carbocycles. The Kier molecular flexibility index (Phi) is 3.97. The minimum absolute atomic E-state index is 0.0544. The first-order valence-corrected chi connectivity index (χ1v) is 9.91. The van der Waals surface area contributed by atoms with Gasteiger partial charge in [-0.3, -0.25) is 4.79 Å². The minimum atomic E-state index is -0.257. The van der Waals surface area contributed by atoms with Crippen LogP contribution in [0.3, 0.4) is 0 Å². The number of halogens is 1. The third kappa shape index (κ3) is 3.12. The van der Waals surface area contributed by atoms with Crippen molar-refractivity contribution in [3.05, 3.63) is 76.4 Å². The summed E-state index contributed by atoms with van der Waals surface area (Å²) in [6.45, 7) is 1.01. The molecule has 3 aromatic rings. The Labute approximate surface area is 161 Å². The average Bonchev–Trinajstić information content (AvgIpc) is 3.44. The van der Waals surface area contributed by atoms with Crippen LogP contribution in [-0.4, -0.2) is 16.8 Å².